The topological polar surface area (TPSA) is 35.2 Å². The van der Waals surface area contributed by atoms with E-state index in [-0.39, 0.29) is 21.4 Å². The number of hydrogen-bond donors (Lipinski definition) is 1. The molecule has 0 aromatic heterocycles. The Bertz CT molecular complexity index is 395. The fourth-order valence-corrected chi connectivity index (χ4v) is 1.79. The Morgan fingerprint density at radius 2 is 1.88 bits per heavy atom. The van der Waals surface area contributed by atoms with Crippen LogP contribution in [0, 0.1) is 0 Å². The van der Waals surface area contributed by atoms with E-state index in [0.717, 1.165) is 6.07 Å². The minimum absolute atomic E-state index is 0.00954. The van der Waals surface area contributed by atoms with Gasteiger partial charge in [-0.05, 0) is 12.1 Å². The number of rotatable bonds is 2. The third kappa shape index (κ3) is 2.72. The first-order valence-electron chi connectivity index (χ1n) is 4.12. The number of hydrogen-bond acceptors (Lipinski definition) is 2. The molecule has 2 nitrogen and oxygen atoms in total. The van der Waals surface area contributed by atoms with Crippen LogP contribution in [0.1, 0.15) is 11.6 Å². The summed E-state index contributed by atoms with van der Waals surface area (Å²) in [4.78, 5) is 0. The van der Waals surface area contributed by atoms with Crippen molar-refractivity contribution < 1.29 is 17.9 Å². The molecule has 1 aromatic carbocycles. The Morgan fingerprint density at radius 1 is 1.31 bits per heavy atom. The van der Waals surface area contributed by atoms with Crippen LogP contribution in [0.5, 0.6) is 5.75 Å². The number of ether oxygens (including phenoxy) is 1. The van der Waals surface area contributed by atoms with Crippen molar-refractivity contribution in [1.82, 2.24) is 0 Å². The number of benzene rings is 1. The summed E-state index contributed by atoms with van der Waals surface area (Å²) in [5.74, 6) is -0.115. The van der Waals surface area contributed by atoms with Gasteiger partial charge in [0.25, 0.3) is 0 Å². The van der Waals surface area contributed by atoms with Gasteiger partial charge in [-0.25, -0.2) is 0 Å². The van der Waals surface area contributed by atoms with Crippen LogP contribution in [-0.4, -0.2) is 13.3 Å². The first-order valence-corrected chi connectivity index (χ1v) is 4.88. The predicted molar refractivity (Wildman–Crippen MR) is 56.0 cm³/mol. The molecule has 16 heavy (non-hydrogen) atoms. The molecule has 7 heteroatoms. The standard InChI is InChI=1S/C9H8Cl2F3NO/c1-16-7-5(8(15)9(12,13)14)2-4(10)3-6(7)11/h2-3,8H,15H2,1H3. The fourth-order valence-electron chi connectivity index (χ4n) is 1.20. The smallest absolute Gasteiger partial charge is 0.407 e. The summed E-state index contributed by atoms with van der Waals surface area (Å²) in [6.07, 6.45) is -4.58. The van der Waals surface area contributed by atoms with E-state index in [0.29, 0.717) is 0 Å². The third-order valence-electron chi connectivity index (χ3n) is 1.93. The van der Waals surface area contributed by atoms with Crippen LogP contribution in [0.4, 0.5) is 13.2 Å². The Morgan fingerprint density at radius 3 is 2.31 bits per heavy atom. The van der Waals surface area contributed by atoms with Gasteiger partial charge >= 0.3 is 6.18 Å². The van der Waals surface area contributed by atoms with Crippen molar-refractivity contribution >= 4 is 23.2 Å². The van der Waals surface area contributed by atoms with Crippen molar-refractivity contribution in [3.8, 4) is 5.75 Å². The van der Waals surface area contributed by atoms with Gasteiger partial charge in [0.1, 0.15) is 11.8 Å². The maximum atomic E-state index is 12.4. The van der Waals surface area contributed by atoms with Gasteiger partial charge in [0, 0.05) is 10.6 Å². The second kappa shape index (κ2) is 4.69. The lowest BCUT2D eigenvalue weighted by atomic mass is 10.1. The van der Waals surface area contributed by atoms with Gasteiger partial charge in [0.2, 0.25) is 0 Å². The van der Waals surface area contributed by atoms with E-state index in [1.165, 1.54) is 13.2 Å². The van der Waals surface area contributed by atoms with Crippen molar-refractivity contribution in [2.45, 2.75) is 12.2 Å². The molecular formula is C9H8Cl2F3NO. The molecule has 1 atom stereocenters. The first kappa shape index (κ1) is 13.4. The summed E-state index contributed by atoms with van der Waals surface area (Å²) in [7, 11) is 1.21. The van der Waals surface area contributed by atoms with Crippen LogP contribution in [0.2, 0.25) is 10.0 Å². The highest BCUT2D eigenvalue weighted by atomic mass is 35.5. The highest BCUT2D eigenvalue weighted by Gasteiger charge is 2.40. The maximum absolute atomic E-state index is 12.4. The largest absolute Gasteiger partial charge is 0.495 e. The normalized spacial score (nSPS) is 13.7. The van der Waals surface area contributed by atoms with E-state index in [1.807, 2.05) is 0 Å². The molecular weight excluding hydrogens is 266 g/mol. The van der Waals surface area contributed by atoms with Gasteiger partial charge in [-0.3, -0.25) is 0 Å². The average Bonchev–Trinajstić information content (AvgIpc) is 2.14. The molecule has 0 amide bonds. The molecule has 1 rings (SSSR count). The molecule has 0 aliphatic rings. The van der Waals surface area contributed by atoms with Crippen molar-refractivity contribution in [3.05, 3.63) is 27.7 Å². The lowest BCUT2D eigenvalue weighted by Crippen LogP contribution is -2.28. The van der Waals surface area contributed by atoms with Gasteiger partial charge in [-0.2, -0.15) is 13.2 Å². The number of halogens is 5. The second-order valence-electron chi connectivity index (χ2n) is 3.03. The summed E-state index contributed by atoms with van der Waals surface area (Å²) in [5, 5.41) is 0.0604. The van der Waals surface area contributed by atoms with Crippen LogP contribution in [0.3, 0.4) is 0 Å². The molecule has 0 heterocycles. The maximum Gasteiger partial charge on any atom is 0.407 e. The zero-order valence-electron chi connectivity index (χ0n) is 8.11. The summed E-state index contributed by atoms with van der Waals surface area (Å²) < 4.78 is 42.1. The van der Waals surface area contributed by atoms with Crippen LogP contribution in [0.25, 0.3) is 0 Å². The monoisotopic (exact) mass is 273 g/mol. The molecule has 0 spiro atoms. The van der Waals surface area contributed by atoms with E-state index < -0.39 is 12.2 Å². The molecule has 2 N–H and O–H groups in total. The Labute approximate surface area is 100 Å². The molecule has 0 radical (unpaired) electrons. The van der Waals surface area contributed by atoms with Crippen molar-refractivity contribution in [3.63, 3.8) is 0 Å². The molecule has 0 fully saturated rings. The summed E-state index contributed by atoms with van der Waals surface area (Å²) in [6.45, 7) is 0. The summed E-state index contributed by atoms with van der Waals surface area (Å²) in [5.41, 5.74) is 4.78. The highest BCUT2D eigenvalue weighted by molar-refractivity contribution is 6.35. The molecule has 0 saturated carbocycles. The van der Waals surface area contributed by atoms with E-state index in [9.17, 15) is 13.2 Å². The Balaban J connectivity index is 3.31. The van der Waals surface area contributed by atoms with Gasteiger partial charge in [0.05, 0.1) is 12.1 Å². The van der Waals surface area contributed by atoms with Gasteiger partial charge in [0.15, 0.2) is 0 Å². The third-order valence-corrected chi connectivity index (χ3v) is 2.43. The minimum Gasteiger partial charge on any atom is -0.495 e. The predicted octanol–water partition coefficient (Wildman–Crippen LogP) is 3.56. The average molecular weight is 274 g/mol. The first-order chi connectivity index (χ1) is 7.27. The number of methoxy groups -OCH3 is 1. The van der Waals surface area contributed by atoms with Crippen molar-refractivity contribution in [2.24, 2.45) is 5.73 Å². The highest BCUT2D eigenvalue weighted by Crippen LogP contribution is 2.40. The molecule has 0 aliphatic carbocycles. The lowest BCUT2D eigenvalue weighted by Gasteiger charge is -2.19. The minimum atomic E-state index is -4.58. The van der Waals surface area contributed by atoms with Gasteiger partial charge < -0.3 is 10.5 Å². The van der Waals surface area contributed by atoms with Crippen molar-refractivity contribution in [1.29, 1.82) is 0 Å². The molecule has 1 aromatic rings. The van der Waals surface area contributed by atoms with E-state index in [2.05, 4.69) is 0 Å². The zero-order valence-corrected chi connectivity index (χ0v) is 9.62. The van der Waals surface area contributed by atoms with Gasteiger partial charge in [-0.15, -0.1) is 0 Å². The molecule has 0 saturated heterocycles. The number of nitrogens with two attached hydrogens (primary N) is 1. The SMILES string of the molecule is COc1c(Cl)cc(Cl)cc1C(N)C(F)(F)F. The quantitative estimate of drug-likeness (QED) is 0.894. The van der Waals surface area contributed by atoms with E-state index in [1.54, 1.807) is 0 Å². The van der Waals surface area contributed by atoms with Gasteiger partial charge in [-0.1, -0.05) is 23.2 Å². The lowest BCUT2D eigenvalue weighted by molar-refractivity contribution is -0.149. The zero-order chi connectivity index (χ0) is 12.5. The Hall–Kier alpha value is -0.650. The molecule has 90 valence electrons. The van der Waals surface area contributed by atoms with Crippen molar-refractivity contribution in [2.75, 3.05) is 7.11 Å². The molecule has 0 aliphatic heterocycles. The number of alkyl halides is 3. The van der Waals surface area contributed by atoms with Crippen LogP contribution in [0.15, 0.2) is 12.1 Å². The van der Waals surface area contributed by atoms with Crippen LogP contribution in [-0.2, 0) is 0 Å². The summed E-state index contributed by atoms with van der Waals surface area (Å²) >= 11 is 11.3. The fraction of sp³-hybridized carbons (Fsp3) is 0.333. The van der Waals surface area contributed by atoms with Crippen LogP contribution < -0.4 is 10.5 Å². The summed E-state index contributed by atoms with van der Waals surface area (Å²) in [6, 6.07) is 0.192. The molecule has 1 unspecified atom stereocenters. The van der Waals surface area contributed by atoms with E-state index in [4.69, 9.17) is 33.7 Å². The molecule has 0 bridgehead atoms. The van der Waals surface area contributed by atoms with E-state index >= 15 is 0 Å². The second-order valence-corrected chi connectivity index (χ2v) is 3.87. The van der Waals surface area contributed by atoms with Crippen LogP contribution >= 0.6 is 23.2 Å². The Kier molecular flexibility index (Phi) is 3.93.